The van der Waals surface area contributed by atoms with Crippen molar-refractivity contribution in [1.82, 2.24) is 0 Å². The molecule has 37 heavy (non-hydrogen) atoms. The van der Waals surface area contributed by atoms with Crippen molar-refractivity contribution in [3.05, 3.63) is 123 Å². The second-order valence-electron chi connectivity index (χ2n) is 8.15. The van der Waals surface area contributed by atoms with Gasteiger partial charge in [0.15, 0.2) is 5.04 Å². The fraction of sp³-hybridized carbons (Fsp3) is 0.0357. The molecule has 0 N–H and O–H groups in total. The van der Waals surface area contributed by atoms with Crippen LogP contribution in [0.2, 0.25) is 5.02 Å². The fourth-order valence-electron chi connectivity index (χ4n) is 4.08. The summed E-state index contributed by atoms with van der Waals surface area (Å²) in [6.07, 6.45) is 1.89. The SMILES string of the molecule is O=C(C1=NN(c2ccc(Cl)cc2)[C@@]2(S1)S/C(=C/c1ccccc1)C(=O)N2c1ccccc1)c1cccs1. The lowest BCUT2D eigenvalue weighted by atomic mass is 10.2. The van der Waals surface area contributed by atoms with Crippen LogP contribution in [0.5, 0.6) is 0 Å². The number of carbonyl (C=O) groups is 2. The van der Waals surface area contributed by atoms with Gasteiger partial charge in [-0.15, -0.1) is 11.3 Å². The Hall–Kier alpha value is -3.30. The zero-order chi connectivity index (χ0) is 25.4. The molecule has 3 aromatic carbocycles. The molecule has 2 aliphatic heterocycles. The molecule has 0 bridgehead atoms. The number of hydrogen-bond acceptors (Lipinski definition) is 7. The molecule has 9 heteroatoms. The summed E-state index contributed by atoms with van der Waals surface area (Å²) in [5, 5.41) is 9.35. The Balaban J connectivity index is 1.52. The summed E-state index contributed by atoms with van der Waals surface area (Å²) in [7, 11) is 0. The van der Waals surface area contributed by atoms with Crippen molar-refractivity contribution >= 4 is 80.6 Å². The van der Waals surface area contributed by atoms with Gasteiger partial charge in [-0.25, -0.2) is 5.01 Å². The number of nitrogens with zero attached hydrogens (tertiary/aromatic N) is 3. The molecule has 6 rings (SSSR count). The Morgan fingerprint density at radius 1 is 0.838 bits per heavy atom. The summed E-state index contributed by atoms with van der Waals surface area (Å²) in [4.78, 5) is 30.4. The van der Waals surface area contributed by atoms with E-state index in [0.717, 1.165) is 5.56 Å². The van der Waals surface area contributed by atoms with Crippen molar-refractivity contribution in [1.29, 1.82) is 0 Å². The van der Waals surface area contributed by atoms with E-state index in [-0.39, 0.29) is 11.7 Å². The summed E-state index contributed by atoms with van der Waals surface area (Å²) in [5.74, 6) is -0.330. The molecule has 0 radical (unpaired) electrons. The van der Waals surface area contributed by atoms with Crippen LogP contribution in [0, 0.1) is 0 Å². The Morgan fingerprint density at radius 2 is 1.54 bits per heavy atom. The third-order valence-electron chi connectivity index (χ3n) is 5.75. The second-order valence-corrected chi connectivity index (χ2v) is 12.2. The number of anilines is 2. The van der Waals surface area contributed by atoms with Crippen LogP contribution in [0.3, 0.4) is 0 Å². The highest BCUT2D eigenvalue weighted by atomic mass is 35.5. The van der Waals surface area contributed by atoms with Crippen LogP contribution in [0.15, 0.2) is 112 Å². The molecule has 2 aliphatic rings. The van der Waals surface area contributed by atoms with Gasteiger partial charge in [-0.2, -0.15) is 5.10 Å². The lowest BCUT2D eigenvalue weighted by Gasteiger charge is -2.38. The first-order valence-electron chi connectivity index (χ1n) is 11.3. The highest BCUT2D eigenvalue weighted by molar-refractivity contribution is 8.29. The maximum absolute atomic E-state index is 14.0. The van der Waals surface area contributed by atoms with Crippen molar-refractivity contribution in [2.24, 2.45) is 5.10 Å². The van der Waals surface area contributed by atoms with Gasteiger partial charge in [0.2, 0.25) is 10.1 Å². The average molecular weight is 560 g/mol. The summed E-state index contributed by atoms with van der Waals surface area (Å²) >= 11 is 10.2. The van der Waals surface area contributed by atoms with Crippen molar-refractivity contribution in [3.63, 3.8) is 0 Å². The molecule has 1 aromatic heterocycles. The van der Waals surface area contributed by atoms with Crippen LogP contribution in [0.1, 0.15) is 15.2 Å². The highest BCUT2D eigenvalue weighted by Crippen LogP contribution is 2.59. The van der Waals surface area contributed by atoms with Crippen molar-refractivity contribution in [2.75, 3.05) is 9.91 Å². The van der Waals surface area contributed by atoms with Crippen LogP contribution in [-0.2, 0) is 4.79 Å². The Labute approximate surface area is 231 Å². The molecule has 1 amide bonds. The molecular weight excluding hydrogens is 542 g/mol. The molecule has 4 aromatic rings. The normalized spacial score (nSPS) is 20.2. The second kappa shape index (κ2) is 9.87. The van der Waals surface area contributed by atoms with E-state index in [9.17, 15) is 9.59 Å². The Bertz CT molecular complexity index is 1520. The van der Waals surface area contributed by atoms with Crippen molar-refractivity contribution in [3.8, 4) is 0 Å². The summed E-state index contributed by atoms with van der Waals surface area (Å²) in [5.41, 5.74) is 2.34. The summed E-state index contributed by atoms with van der Waals surface area (Å²) in [6.45, 7) is 0. The molecule has 0 unspecified atom stereocenters. The maximum Gasteiger partial charge on any atom is 0.268 e. The van der Waals surface area contributed by atoms with E-state index in [0.29, 0.717) is 31.2 Å². The van der Waals surface area contributed by atoms with Crippen LogP contribution >= 0.6 is 46.5 Å². The first kappa shape index (κ1) is 24.1. The number of Topliss-reactive ketones (excluding diaryl/α,β-unsaturated/α-hetero) is 1. The lowest BCUT2D eigenvalue weighted by Crippen LogP contribution is -2.51. The quantitative estimate of drug-likeness (QED) is 0.186. The standard InChI is InChI=1S/C28H18ClN3O2S3/c29-20-13-15-22(16-14-20)32-28(37-26(30-32)25(33)23-12-7-17-35-23)31(21-10-5-2-6-11-21)27(34)24(36-28)18-19-8-3-1-4-9-19/h1-18H/b24-18+/t28-/m1/s1. The molecule has 182 valence electrons. The number of thiophene rings is 1. The van der Waals surface area contributed by atoms with E-state index in [1.807, 2.05) is 90.3 Å². The molecule has 0 saturated carbocycles. The van der Waals surface area contributed by atoms with Gasteiger partial charge in [0, 0.05) is 10.7 Å². The van der Waals surface area contributed by atoms with Gasteiger partial charge in [-0.05, 0) is 71.2 Å². The van der Waals surface area contributed by atoms with E-state index in [2.05, 4.69) is 0 Å². The minimum Gasteiger partial charge on any atom is -0.285 e. The van der Waals surface area contributed by atoms with Crippen LogP contribution in [-0.4, -0.2) is 21.1 Å². The molecule has 1 atom stereocenters. The Kier molecular flexibility index (Phi) is 6.42. The zero-order valence-electron chi connectivity index (χ0n) is 19.2. The number of amides is 1. The van der Waals surface area contributed by atoms with Gasteiger partial charge in [-0.3, -0.25) is 14.5 Å². The first-order valence-corrected chi connectivity index (χ1v) is 14.2. The Morgan fingerprint density at radius 3 is 2.22 bits per heavy atom. The topological polar surface area (TPSA) is 53.0 Å². The predicted molar refractivity (Wildman–Crippen MR) is 156 cm³/mol. The van der Waals surface area contributed by atoms with Gasteiger partial charge < -0.3 is 0 Å². The number of benzene rings is 3. The molecular formula is C28H18ClN3O2S3. The molecule has 0 aliphatic carbocycles. The van der Waals surface area contributed by atoms with Gasteiger partial charge in [0.25, 0.3) is 5.91 Å². The summed E-state index contributed by atoms with van der Waals surface area (Å²) < 4.78 is -1.09. The molecule has 1 fully saturated rings. The van der Waals surface area contributed by atoms with Crippen molar-refractivity contribution in [2.45, 2.75) is 4.33 Å². The number of carbonyl (C=O) groups excluding carboxylic acids is 2. The minimum absolute atomic E-state index is 0.161. The first-order chi connectivity index (χ1) is 18.0. The highest BCUT2D eigenvalue weighted by Gasteiger charge is 2.60. The van der Waals surface area contributed by atoms with Gasteiger partial charge >= 0.3 is 0 Å². The molecule has 1 saturated heterocycles. The largest absolute Gasteiger partial charge is 0.285 e. The number of rotatable bonds is 5. The number of ketones is 1. The van der Waals surface area contributed by atoms with Crippen LogP contribution in [0.25, 0.3) is 6.08 Å². The van der Waals surface area contributed by atoms with Gasteiger partial charge in [-0.1, -0.05) is 78.0 Å². The predicted octanol–water partition coefficient (Wildman–Crippen LogP) is 7.58. The number of thioether (sulfide) groups is 2. The number of para-hydroxylation sites is 1. The molecule has 1 spiro atoms. The number of halogens is 1. The minimum atomic E-state index is -1.09. The van der Waals surface area contributed by atoms with E-state index >= 15 is 0 Å². The van der Waals surface area contributed by atoms with E-state index in [4.69, 9.17) is 16.7 Å². The zero-order valence-corrected chi connectivity index (χ0v) is 22.4. The third-order valence-corrected chi connectivity index (χ3v) is 9.59. The van der Waals surface area contributed by atoms with E-state index in [1.54, 1.807) is 28.1 Å². The van der Waals surface area contributed by atoms with Crippen LogP contribution < -0.4 is 9.91 Å². The van der Waals surface area contributed by atoms with Crippen LogP contribution in [0.4, 0.5) is 11.4 Å². The smallest absolute Gasteiger partial charge is 0.268 e. The van der Waals surface area contributed by atoms with E-state index < -0.39 is 4.33 Å². The maximum atomic E-state index is 14.0. The van der Waals surface area contributed by atoms with E-state index in [1.165, 1.54) is 34.9 Å². The van der Waals surface area contributed by atoms with Crippen molar-refractivity contribution < 1.29 is 9.59 Å². The number of hydrogen-bond donors (Lipinski definition) is 0. The monoisotopic (exact) mass is 559 g/mol. The third kappa shape index (κ3) is 4.40. The molecule has 5 nitrogen and oxygen atoms in total. The lowest BCUT2D eigenvalue weighted by molar-refractivity contribution is -0.114. The molecule has 3 heterocycles. The van der Waals surface area contributed by atoms with Gasteiger partial charge in [0.1, 0.15) is 0 Å². The fourth-order valence-corrected chi connectivity index (χ4v) is 7.87. The number of hydrazone groups is 1. The van der Waals surface area contributed by atoms with Gasteiger partial charge in [0.05, 0.1) is 15.5 Å². The summed E-state index contributed by atoms with van der Waals surface area (Å²) in [6, 6.07) is 30.1. The average Bonchev–Trinajstić information content (AvgIpc) is 3.65.